The molecule has 25 heavy (non-hydrogen) atoms. The van der Waals surface area contributed by atoms with Crippen molar-refractivity contribution in [3.05, 3.63) is 49.1 Å². The summed E-state index contributed by atoms with van der Waals surface area (Å²) in [5.74, 6) is 0.375. The highest BCUT2D eigenvalue weighted by Crippen LogP contribution is 2.42. The van der Waals surface area contributed by atoms with Crippen LogP contribution < -0.4 is 10.9 Å². The lowest BCUT2D eigenvalue weighted by atomic mass is 9.85. The van der Waals surface area contributed by atoms with E-state index in [-0.39, 0.29) is 5.56 Å². The molecule has 1 aliphatic rings. The summed E-state index contributed by atoms with van der Waals surface area (Å²) in [6, 6.07) is 1.98. The van der Waals surface area contributed by atoms with Crippen LogP contribution in [0.5, 0.6) is 0 Å². The minimum absolute atomic E-state index is 0.236. The Morgan fingerprint density at radius 1 is 1.44 bits per heavy atom. The number of hydrogen-bond acceptors (Lipinski definition) is 7. The number of hydrogen-bond donors (Lipinski definition) is 2. The molecule has 1 aliphatic heterocycles. The highest BCUT2D eigenvalue weighted by atomic mass is 32.2. The summed E-state index contributed by atoms with van der Waals surface area (Å²) in [6.07, 6.45) is 0. The van der Waals surface area contributed by atoms with Crippen LogP contribution >= 0.6 is 23.1 Å². The van der Waals surface area contributed by atoms with E-state index in [1.54, 1.807) is 6.92 Å². The van der Waals surface area contributed by atoms with Gasteiger partial charge in [-0.05, 0) is 36.6 Å². The van der Waals surface area contributed by atoms with Gasteiger partial charge < -0.3 is 15.0 Å². The number of methoxy groups -OCH3 is 1. The lowest BCUT2D eigenvalue weighted by Crippen LogP contribution is -2.30. The second kappa shape index (κ2) is 7.05. The van der Waals surface area contributed by atoms with Crippen LogP contribution in [-0.2, 0) is 9.53 Å². The maximum Gasteiger partial charge on any atom is 0.336 e. The van der Waals surface area contributed by atoms with E-state index in [1.165, 1.54) is 30.2 Å². The molecular formula is C17H19N3O3S2. The Hall–Kier alpha value is -2.06. The van der Waals surface area contributed by atoms with Crippen molar-refractivity contribution >= 4 is 34.9 Å². The summed E-state index contributed by atoms with van der Waals surface area (Å²) in [4.78, 5) is 33.6. The fourth-order valence-corrected chi connectivity index (χ4v) is 4.60. The Morgan fingerprint density at radius 3 is 2.80 bits per heavy atom. The van der Waals surface area contributed by atoms with Crippen LogP contribution in [0.1, 0.15) is 35.8 Å². The Kier molecular flexibility index (Phi) is 5.01. The molecule has 3 heterocycles. The van der Waals surface area contributed by atoms with E-state index in [0.717, 1.165) is 16.2 Å². The van der Waals surface area contributed by atoms with Gasteiger partial charge >= 0.3 is 5.97 Å². The first kappa shape index (κ1) is 17.8. The number of ether oxygens (including phenoxy) is 1. The summed E-state index contributed by atoms with van der Waals surface area (Å²) in [5.41, 5.74) is 2.35. The molecule has 1 atom stereocenters. The summed E-state index contributed by atoms with van der Waals surface area (Å²) in [6.45, 7) is 5.78. The molecule has 0 fully saturated rings. The lowest BCUT2D eigenvalue weighted by molar-refractivity contribution is -0.136. The third kappa shape index (κ3) is 3.11. The number of carbonyl (C=O) groups excluding carboxylic acids is 1. The Balaban J connectivity index is 2.27. The predicted octanol–water partition coefficient (Wildman–Crippen LogP) is 3.26. The average Bonchev–Trinajstić information content (AvgIpc) is 2.99. The molecule has 2 aromatic rings. The highest BCUT2D eigenvalue weighted by Gasteiger charge is 2.37. The van der Waals surface area contributed by atoms with Crippen molar-refractivity contribution in [3.8, 4) is 0 Å². The van der Waals surface area contributed by atoms with E-state index in [1.807, 2.05) is 25.3 Å². The van der Waals surface area contributed by atoms with Crippen molar-refractivity contribution in [2.24, 2.45) is 0 Å². The third-order valence-corrected chi connectivity index (χ3v) is 5.91. The number of allylic oxidation sites excluding steroid dienone is 1. The second-order valence-corrected chi connectivity index (χ2v) is 7.82. The molecule has 0 unspecified atom stereocenters. The molecule has 0 saturated heterocycles. The van der Waals surface area contributed by atoms with E-state index in [0.29, 0.717) is 27.8 Å². The average molecular weight is 377 g/mol. The van der Waals surface area contributed by atoms with Gasteiger partial charge in [-0.15, -0.1) is 11.3 Å². The second-order valence-electron chi connectivity index (χ2n) is 5.62. The smallest absolute Gasteiger partial charge is 0.336 e. The van der Waals surface area contributed by atoms with Crippen LogP contribution in [0.25, 0.3) is 0 Å². The summed E-state index contributed by atoms with van der Waals surface area (Å²) < 4.78 is 4.98. The summed E-state index contributed by atoms with van der Waals surface area (Å²) >= 11 is 2.99. The SMILES string of the molecule is CCSc1nc2c(c(=O)[nH]1)[C@@H](c1sccc1C)C(C(=O)OC)=C(C)N2. The molecule has 2 aromatic heterocycles. The molecular weight excluding hydrogens is 358 g/mol. The van der Waals surface area contributed by atoms with Gasteiger partial charge in [0.1, 0.15) is 5.82 Å². The molecule has 6 nitrogen and oxygen atoms in total. The summed E-state index contributed by atoms with van der Waals surface area (Å²) in [5, 5.41) is 5.64. The topological polar surface area (TPSA) is 84.1 Å². The van der Waals surface area contributed by atoms with E-state index < -0.39 is 11.9 Å². The zero-order valence-electron chi connectivity index (χ0n) is 14.4. The van der Waals surface area contributed by atoms with E-state index in [4.69, 9.17) is 4.74 Å². The maximum atomic E-state index is 12.8. The number of thiophene rings is 1. The van der Waals surface area contributed by atoms with Crippen molar-refractivity contribution in [2.75, 3.05) is 18.2 Å². The van der Waals surface area contributed by atoms with Crippen LogP contribution in [0.3, 0.4) is 0 Å². The standard InChI is InChI=1S/C17H19N3O3S2/c1-5-24-17-19-14-12(15(21)20-17)11(13-8(2)6-7-25-13)10(9(3)18-14)16(22)23-4/h6-7,11H,5H2,1-4H3,(H2,18,19,20,21)/t11-/m0/s1. The third-order valence-electron chi connectivity index (χ3n) is 4.07. The number of anilines is 1. The van der Waals surface area contributed by atoms with Gasteiger partial charge in [0, 0.05) is 10.6 Å². The predicted molar refractivity (Wildman–Crippen MR) is 100 cm³/mol. The largest absolute Gasteiger partial charge is 0.466 e. The lowest BCUT2D eigenvalue weighted by Gasteiger charge is -2.28. The van der Waals surface area contributed by atoms with Gasteiger partial charge in [0.25, 0.3) is 5.56 Å². The number of carbonyl (C=O) groups is 1. The molecule has 0 saturated carbocycles. The van der Waals surface area contributed by atoms with Crippen molar-refractivity contribution in [1.29, 1.82) is 0 Å². The van der Waals surface area contributed by atoms with Crippen molar-refractivity contribution < 1.29 is 9.53 Å². The van der Waals surface area contributed by atoms with Crippen LogP contribution in [0, 0.1) is 6.92 Å². The van der Waals surface area contributed by atoms with Gasteiger partial charge in [-0.2, -0.15) is 0 Å². The number of aromatic amines is 1. The summed E-state index contributed by atoms with van der Waals surface area (Å²) in [7, 11) is 1.35. The molecule has 0 amide bonds. The maximum absolute atomic E-state index is 12.8. The number of nitrogens with zero attached hydrogens (tertiary/aromatic N) is 1. The number of nitrogens with one attached hydrogen (secondary N) is 2. The van der Waals surface area contributed by atoms with Crippen molar-refractivity contribution in [3.63, 3.8) is 0 Å². The molecule has 132 valence electrons. The van der Waals surface area contributed by atoms with Gasteiger partial charge in [-0.25, -0.2) is 9.78 Å². The Morgan fingerprint density at radius 2 is 2.20 bits per heavy atom. The molecule has 2 N–H and O–H groups in total. The molecule has 0 radical (unpaired) electrons. The number of rotatable bonds is 4. The Bertz CT molecular complexity index is 914. The first-order valence-corrected chi connectivity index (χ1v) is 9.71. The Labute approximate surface area is 153 Å². The number of aryl methyl sites for hydroxylation is 1. The zero-order chi connectivity index (χ0) is 18.1. The fourth-order valence-electron chi connectivity index (χ4n) is 2.96. The highest BCUT2D eigenvalue weighted by molar-refractivity contribution is 7.99. The monoisotopic (exact) mass is 377 g/mol. The molecule has 0 aliphatic carbocycles. The van der Waals surface area contributed by atoms with Crippen LogP contribution in [0.2, 0.25) is 0 Å². The van der Waals surface area contributed by atoms with Crippen LogP contribution in [0.4, 0.5) is 5.82 Å². The van der Waals surface area contributed by atoms with Gasteiger partial charge in [0.2, 0.25) is 0 Å². The first-order valence-electron chi connectivity index (χ1n) is 7.85. The van der Waals surface area contributed by atoms with Gasteiger partial charge in [-0.1, -0.05) is 18.7 Å². The first-order chi connectivity index (χ1) is 12.0. The number of esters is 1. The number of H-pyrrole nitrogens is 1. The van der Waals surface area contributed by atoms with Crippen LogP contribution in [0.15, 0.2) is 32.7 Å². The molecule has 0 aromatic carbocycles. The minimum Gasteiger partial charge on any atom is -0.466 e. The molecule has 0 spiro atoms. The molecule has 3 rings (SSSR count). The molecule has 8 heteroatoms. The van der Waals surface area contributed by atoms with E-state index in [2.05, 4.69) is 15.3 Å². The van der Waals surface area contributed by atoms with Crippen molar-refractivity contribution in [2.45, 2.75) is 31.8 Å². The fraction of sp³-hybridized carbons (Fsp3) is 0.353. The van der Waals surface area contributed by atoms with E-state index >= 15 is 0 Å². The number of fused-ring (bicyclic) bond motifs is 1. The minimum atomic E-state index is -0.486. The number of aromatic nitrogens is 2. The van der Waals surface area contributed by atoms with Gasteiger partial charge in [0.05, 0.1) is 24.2 Å². The van der Waals surface area contributed by atoms with Gasteiger partial charge in [0.15, 0.2) is 5.16 Å². The van der Waals surface area contributed by atoms with Crippen LogP contribution in [-0.4, -0.2) is 28.8 Å². The number of thioether (sulfide) groups is 1. The van der Waals surface area contributed by atoms with Crippen molar-refractivity contribution in [1.82, 2.24) is 9.97 Å². The quantitative estimate of drug-likeness (QED) is 0.483. The zero-order valence-corrected chi connectivity index (χ0v) is 16.1. The van der Waals surface area contributed by atoms with E-state index in [9.17, 15) is 9.59 Å². The normalized spacial score (nSPS) is 16.4. The molecule has 0 bridgehead atoms. The van der Waals surface area contributed by atoms with Gasteiger partial charge in [-0.3, -0.25) is 4.79 Å².